The van der Waals surface area contributed by atoms with Gasteiger partial charge in [-0.3, -0.25) is 4.79 Å². The number of benzene rings is 1. The number of fused-ring (bicyclic) bond motifs is 1. The number of rotatable bonds is 2. The first-order valence-electron chi connectivity index (χ1n) is 9.68. The number of nitrogens with one attached hydrogen (secondary N) is 1. The normalized spacial score (nSPS) is 17.5. The molecule has 0 bridgehead atoms. The molecule has 2 aromatic rings. The van der Waals surface area contributed by atoms with E-state index in [1.54, 1.807) is 31.1 Å². The van der Waals surface area contributed by atoms with Crippen molar-refractivity contribution in [2.24, 2.45) is 0 Å². The smallest absolute Gasteiger partial charge is 0.410 e. The van der Waals surface area contributed by atoms with E-state index in [9.17, 15) is 9.59 Å². The Labute approximate surface area is 174 Å². The lowest BCUT2D eigenvalue weighted by Crippen LogP contribution is -2.42. The fourth-order valence-corrected chi connectivity index (χ4v) is 3.88. The molecule has 1 aromatic carbocycles. The maximum atomic E-state index is 15.4. The Bertz CT molecular complexity index is 949. The lowest BCUT2D eigenvalue weighted by Gasteiger charge is -2.34. The number of hydrogen-bond donors (Lipinski definition) is 1. The van der Waals surface area contributed by atoms with E-state index in [2.05, 4.69) is 4.98 Å². The fraction of sp³-hybridized carbons (Fsp3) is 0.524. The highest BCUT2D eigenvalue weighted by molar-refractivity contribution is 6.35. The molecule has 0 saturated carbocycles. The second-order valence-electron chi connectivity index (χ2n) is 8.70. The summed E-state index contributed by atoms with van der Waals surface area (Å²) in [5.74, 6) is -0.889. The topological polar surface area (TPSA) is 65.6 Å². The lowest BCUT2D eigenvalue weighted by molar-refractivity contribution is 0.0197. The van der Waals surface area contributed by atoms with Gasteiger partial charge >= 0.3 is 6.09 Å². The van der Waals surface area contributed by atoms with Crippen LogP contribution >= 0.6 is 11.6 Å². The molecule has 0 radical (unpaired) electrons. The number of H-pyrrole nitrogens is 1. The molecule has 0 unspecified atom stereocenters. The quantitative estimate of drug-likeness (QED) is 0.756. The van der Waals surface area contributed by atoms with Gasteiger partial charge in [0.25, 0.3) is 5.91 Å². The van der Waals surface area contributed by atoms with Gasteiger partial charge < -0.3 is 19.5 Å². The van der Waals surface area contributed by atoms with Crippen molar-refractivity contribution < 1.29 is 18.7 Å². The third kappa shape index (κ3) is 4.50. The minimum absolute atomic E-state index is 0.200. The van der Waals surface area contributed by atoms with Crippen molar-refractivity contribution in [3.8, 4) is 0 Å². The number of nitrogens with zero attached hydrogens (tertiary/aromatic N) is 2. The number of piperidine rings is 1. The molecule has 3 rings (SSSR count). The van der Waals surface area contributed by atoms with E-state index in [4.69, 9.17) is 16.3 Å². The monoisotopic (exact) mass is 423 g/mol. The highest BCUT2D eigenvalue weighted by Gasteiger charge is 2.31. The van der Waals surface area contributed by atoms with Crippen molar-refractivity contribution >= 4 is 34.5 Å². The second-order valence-corrected chi connectivity index (χ2v) is 9.11. The molecule has 0 spiro atoms. The van der Waals surface area contributed by atoms with Crippen LogP contribution in [0, 0.1) is 5.82 Å². The van der Waals surface area contributed by atoms with Gasteiger partial charge in [-0.1, -0.05) is 11.6 Å². The van der Waals surface area contributed by atoms with Gasteiger partial charge in [-0.05, 0) is 51.3 Å². The molecular weight excluding hydrogens is 397 g/mol. The number of likely N-dealkylation sites (tertiary alicyclic amines) is 1. The molecule has 1 aliphatic heterocycles. The number of carbonyl (C=O) groups is 2. The van der Waals surface area contributed by atoms with Crippen LogP contribution in [0.5, 0.6) is 0 Å². The molecule has 6 nitrogen and oxygen atoms in total. The Balaban J connectivity index is 1.92. The van der Waals surface area contributed by atoms with Crippen molar-refractivity contribution in [1.29, 1.82) is 0 Å². The van der Waals surface area contributed by atoms with Crippen LogP contribution in [0.4, 0.5) is 9.18 Å². The van der Waals surface area contributed by atoms with E-state index in [0.717, 1.165) is 12.8 Å². The van der Waals surface area contributed by atoms with E-state index in [1.807, 2.05) is 20.8 Å². The Hall–Kier alpha value is -2.28. The van der Waals surface area contributed by atoms with Crippen LogP contribution in [0.3, 0.4) is 0 Å². The number of ether oxygens (including phenoxy) is 1. The summed E-state index contributed by atoms with van der Waals surface area (Å²) in [6.45, 7) is 6.39. The van der Waals surface area contributed by atoms with Crippen LogP contribution in [0.15, 0.2) is 12.1 Å². The highest BCUT2D eigenvalue weighted by Crippen LogP contribution is 2.36. The Morgan fingerprint density at radius 2 is 2.00 bits per heavy atom. The van der Waals surface area contributed by atoms with Gasteiger partial charge in [-0.15, -0.1) is 0 Å². The minimum Gasteiger partial charge on any atom is -0.444 e. The average Bonchev–Trinajstić information content (AvgIpc) is 3.09. The second kappa shape index (κ2) is 7.86. The molecule has 1 saturated heterocycles. The molecule has 2 heterocycles. The zero-order chi connectivity index (χ0) is 21.5. The summed E-state index contributed by atoms with van der Waals surface area (Å²) in [5, 5.41) is 0.845. The van der Waals surface area contributed by atoms with Crippen LogP contribution in [0.2, 0.25) is 5.02 Å². The zero-order valence-electron chi connectivity index (χ0n) is 17.4. The third-order valence-electron chi connectivity index (χ3n) is 4.98. The number of aromatic nitrogens is 1. The molecule has 1 fully saturated rings. The molecule has 1 aromatic heterocycles. The van der Waals surface area contributed by atoms with Crippen molar-refractivity contribution in [2.45, 2.75) is 45.1 Å². The van der Waals surface area contributed by atoms with Crippen LogP contribution in [0.1, 0.15) is 55.6 Å². The SMILES string of the molecule is CN(C)C(=O)c1cc2c(Cl)cc([C@@H]3CCCN(C(=O)OC(C)(C)C)C3)c(F)c2[nH]1. The van der Waals surface area contributed by atoms with Gasteiger partial charge in [0, 0.05) is 38.5 Å². The van der Waals surface area contributed by atoms with Gasteiger partial charge in [0.15, 0.2) is 5.82 Å². The highest BCUT2D eigenvalue weighted by atomic mass is 35.5. The summed E-state index contributed by atoms with van der Waals surface area (Å²) in [6, 6.07) is 3.18. The van der Waals surface area contributed by atoms with Crippen molar-refractivity contribution in [2.75, 3.05) is 27.2 Å². The molecule has 158 valence electrons. The van der Waals surface area contributed by atoms with Crippen molar-refractivity contribution in [1.82, 2.24) is 14.8 Å². The maximum absolute atomic E-state index is 15.4. The number of amides is 2. The Kier molecular flexibility index (Phi) is 5.81. The average molecular weight is 424 g/mol. The molecular formula is C21H27ClFN3O3. The molecule has 1 N–H and O–H groups in total. The van der Waals surface area contributed by atoms with Crippen LogP contribution < -0.4 is 0 Å². The van der Waals surface area contributed by atoms with E-state index in [1.165, 1.54) is 4.90 Å². The molecule has 1 atom stereocenters. The third-order valence-corrected chi connectivity index (χ3v) is 5.29. The lowest BCUT2D eigenvalue weighted by atomic mass is 9.90. The largest absolute Gasteiger partial charge is 0.444 e. The van der Waals surface area contributed by atoms with Crippen LogP contribution in [0.25, 0.3) is 10.9 Å². The first kappa shape index (κ1) is 21.4. The number of halogens is 2. The van der Waals surface area contributed by atoms with Crippen molar-refractivity contribution in [3.05, 3.63) is 34.2 Å². The molecule has 1 aliphatic rings. The van der Waals surface area contributed by atoms with E-state index in [-0.39, 0.29) is 23.0 Å². The fourth-order valence-electron chi connectivity index (χ4n) is 3.61. The number of aromatic amines is 1. The summed E-state index contributed by atoms with van der Waals surface area (Å²) in [5.41, 5.74) is 0.354. The van der Waals surface area contributed by atoms with Crippen LogP contribution in [-0.4, -0.2) is 59.6 Å². The molecule has 0 aliphatic carbocycles. The van der Waals surface area contributed by atoms with Gasteiger partial charge in [0.1, 0.15) is 11.3 Å². The first-order valence-corrected chi connectivity index (χ1v) is 10.1. The van der Waals surface area contributed by atoms with Crippen LogP contribution in [-0.2, 0) is 4.74 Å². The molecule has 8 heteroatoms. The summed E-state index contributed by atoms with van der Waals surface area (Å²) >= 11 is 6.42. The molecule has 29 heavy (non-hydrogen) atoms. The Morgan fingerprint density at radius 1 is 1.31 bits per heavy atom. The summed E-state index contributed by atoms with van der Waals surface area (Å²) < 4.78 is 20.8. The summed E-state index contributed by atoms with van der Waals surface area (Å²) in [6.07, 6.45) is 1.09. The zero-order valence-corrected chi connectivity index (χ0v) is 18.2. The van der Waals surface area contributed by atoms with Gasteiger partial charge in [0.2, 0.25) is 0 Å². The minimum atomic E-state index is -0.586. The predicted octanol–water partition coefficient (Wildman–Crippen LogP) is 4.78. The Morgan fingerprint density at radius 3 is 2.62 bits per heavy atom. The van der Waals surface area contributed by atoms with Crippen molar-refractivity contribution in [3.63, 3.8) is 0 Å². The van der Waals surface area contributed by atoms with E-state index >= 15 is 4.39 Å². The van der Waals surface area contributed by atoms with Gasteiger partial charge in [-0.25, -0.2) is 9.18 Å². The molecule has 2 amide bonds. The first-order chi connectivity index (χ1) is 13.5. The van der Waals surface area contributed by atoms with Gasteiger partial charge in [0.05, 0.1) is 10.5 Å². The number of carbonyl (C=O) groups excluding carboxylic acids is 2. The standard InChI is InChI=1S/C21H27ClFN3O3/c1-21(2,3)29-20(28)26-8-6-7-12(11-26)13-9-15(22)14-10-16(19(27)25(4)5)24-18(14)17(13)23/h9-10,12,24H,6-8,11H2,1-5H3/t12-/m1/s1. The summed E-state index contributed by atoms with van der Waals surface area (Å²) in [7, 11) is 3.26. The maximum Gasteiger partial charge on any atom is 0.410 e. The number of hydrogen-bond acceptors (Lipinski definition) is 3. The summed E-state index contributed by atoms with van der Waals surface area (Å²) in [4.78, 5) is 30.6. The van der Waals surface area contributed by atoms with Gasteiger partial charge in [-0.2, -0.15) is 0 Å². The van der Waals surface area contributed by atoms with E-state index < -0.39 is 17.5 Å². The predicted molar refractivity (Wildman–Crippen MR) is 111 cm³/mol. The van der Waals surface area contributed by atoms with E-state index in [0.29, 0.717) is 29.1 Å².